The normalized spacial score (nSPS) is 26.7. The van der Waals surface area contributed by atoms with Crippen molar-refractivity contribution in [3.63, 3.8) is 0 Å². The molecule has 1 saturated heterocycles. The fraction of sp³-hybridized carbons (Fsp3) is 0.900. The van der Waals surface area contributed by atoms with Gasteiger partial charge in [-0.2, -0.15) is 0 Å². The molecular weight excluding hydrogens is 196 g/mol. The van der Waals surface area contributed by atoms with Gasteiger partial charge in [0.15, 0.2) is 0 Å². The van der Waals surface area contributed by atoms with Crippen LogP contribution in [0.2, 0.25) is 0 Å². The van der Waals surface area contributed by atoms with Crippen molar-refractivity contribution in [2.45, 2.75) is 31.8 Å². The number of ether oxygens (including phenoxy) is 1. The van der Waals surface area contributed by atoms with Crippen LogP contribution in [0.25, 0.3) is 0 Å². The summed E-state index contributed by atoms with van der Waals surface area (Å²) in [5.74, 6) is -0.346. The number of aliphatic hydroxyl groups excluding tert-OH is 1. The number of carbonyl (C=O) groups is 1. The molecule has 1 fully saturated rings. The van der Waals surface area contributed by atoms with Crippen molar-refractivity contribution < 1.29 is 14.6 Å². The van der Waals surface area contributed by atoms with Gasteiger partial charge in [-0.1, -0.05) is 0 Å². The van der Waals surface area contributed by atoms with Crippen molar-refractivity contribution in [2.24, 2.45) is 11.7 Å². The Hall–Kier alpha value is -0.650. The third-order valence-corrected chi connectivity index (χ3v) is 2.66. The lowest BCUT2D eigenvalue weighted by molar-refractivity contribution is -0.127. The lowest BCUT2D eigenvalue weighted by Gasteiger charge is -2.27. The number of rotatable bonds is 4. The molecule has 2 atom stereocenters. The van der Waals surface area contributed by atoms with Crippen molar-refractivity contribution in [1.29, 1.82) is 0 Å². The quantitative estimate of drug-likeness (QED) is 0.576. The summed E-state index contributed by atoms with van der Waals surface area (Å²) >= 11 is 0. The predicted octanol–water partition coefficient (Wildman–Crippen LogP) is -0.763. The molecule has 0 aliphatic carbocycles. The maximum Gasteiger partial charge on any atom is 0.227 e. The molecule has 1 heterocycles. The van der Waals surface area contributed by atoms with Crippen LogP contribution in [-0.2, 0) is 9.53 Å². The third-order valence-electron chi connectivity index (χ3n) is 2.66. The lowest BCUT2D eigenvalue weighted by Crippen LogP contribution is -2.50. The summed E-state index contributed by atoms with van der Waals surface area (Å²) in [6, 6.07) is -0.213. The average molecular weight is 216 g/mol. The minimum Gasteiger partial charge on any atom is -0.396 e. The minimum absolute atomic E-state index is 0.0561. The highest BCUT2D eigenvalue weighted by atomic mass is 16.5. The molecule has 0 saturated carbocycles. The smallest absolute Gasteiger partial charge is 0.227 e. The van der Waals surface area contributed by atoms with E-state index in [1.165, 1.54) is 0 Å². The summed E-state index contributed by atoms with van der Waals surface area (Å²) in [5.41, 5.74) is 5.34. The Bertz CT molecular complexity index is 231. The topological polar surface area (TPSA) is 84.6 Å². The zero-order chi connectivity index (χ0) is 11.5. The number of carbonyl (C=O) groups excluding carboxylic acids is 1. The number of nitrogens with one attached hydrogen (secondary N) is 1. The Morgan fingerprint density at radius 2 is 2.27 bits per heavy atom. The fourth-order valence-electron chi connectivity index (χ4n) is 1.61. The lowest BCUT2D eigenvalue weighted by atomic mass is 9.97. The van der Waals surface area contributed by atoms with Gasteiger partial charge in [-0.3, -0.25) is 4.79 Å². The van der Waals surface area contributed by atoms with Gasteiger partial charge in [-0.15, -0.1) is 0 Å². The van der Waals surface area contributed by atoms with Crippen molar-refractivity contribution in [2.75, 3.05) is 19.8 Å². The second-order valence-corrected chi connectivity index (χ2v) is 4.65. The van der Waals surface area contributed by atoms with Crippen LogP contribution in [0.15, 0.2) is 0 Å². The Morgan fingerprint density at radius 1 is 1.60 bits per heavy atom. The molecule has 0 radical (unpaired) electrons. The van der Waals surface area contributed by atoms with E-state index in [4.69, 9.17) is 15.6 Å². The van der Waals surface area contributed by atoms with Crippen LogP contribution in [-0.4, -0.2) is 42.4 Å². The molecule has 4 N–H and O–H groups in total. The SMILES string of the molecule is CC(C)(CCO)NC(=O)C1COCC1N. The molecule has 1 aliphatic rings. The Kier molecular flexibility index (Phi) is 4.07. The second kappa shape index (κ2) is 4.92. The van der Waals surface area contributed by atoms with E-state index >= 15 is 0 Å². The molecule has 1 amide bonds. The van der Waals surface area contributed by atoms with Crippen LogP contribution < -0.4 is 11.1 Å². The van der Waals surface area contributed by atoms with E-state index in [1.54, 1.807) is 0 Å². The molecule has 5 nitrogen and oxygen atoms in total. The van der Waals surface area contributed by atoms with E-state index in [0.29, 0.717) is 19.6 Å². The molecule has 1 aliphatic heterocycles. The number of nitrogens with two attached hydrogens (primary N) is 1. The standard InChI is InChI=1S/C10H20N2O3/c1-10(2,3-4-13)12-9(14)7-5-15-6-8(7)11/h7-8,13H,3-6,11H2,1-2H3,(H,12,14). The third kappa shape index (κ3) is 3.44. The molecule has 0 spiro atoms. The van der Waals surface area contributed by atoms with Crippen LogP contribution in [0.5, 0.6) is 0 Å². The molecule has 0 aromatic heterocycles. The monoisotopic (exact) mass is 216 g/mol. The van der Waals surface area contributed by atoms with E-state index in [1.807, 2.05) is 13.8 Å². The van der Waals surface area contributed by atoms with E-state index in [-0.39, 0.29) is 24.5 Å². The van der Waals surface area contributed by atoms with Gasteiger partial charge >= 0.3 is 0 Å². The van der Waals surface area contributed by atoms with Gasteiger partial charge in [0.1, 0.15) is 0 Å². The Labute approximate surface area is 90.0 Å². The maximum absolute atomic E-state index is 11.8. The van der Waals surface area contributed by atoms with Crippen LogP contribution in [0.1, 0.15) is 20.3 Å². The summed E-state index contributed by atoms with van der Waals surface area (Å²) in [7, 11) is 0. The highest BCUT2D eigenvalue weighted by Gasteiger charge is 2.33. The average Bonchev–Trinajstić information content (AvgIpc) is 2.50. The van der Waals surface area contributed by atoms with Gasteiger partial charge in [-0.25, -0.2) is 0 Å². The largest absolute Gasteiger partial charge is 0.396 e. The first-order chi connectivity index (χ1) is 6.96. The van der Waals surface area contributed by atoms with Gasteiger partial charge in [-0.05, 0) is 20.3 Å². The van der Waals surface area contributed by atoms with Crippen LogP contribution >= 0.6 is 0 Å². The van der Waals surface area contributed by atoms with Crippen LogP contribution in [0.4, 0.5) is 0 Å². The molecule has 88 valence electrons. The highest BCUT2D eigenvalue weighted by Crippen LogP contribution is 2.15. The summed E-state index contributed by atoms with van der Waals surface area (Å²) in [6.45, 7) is 4.64. The molecule has 0 bridgehead atoms. The molecule has 5 heteroatoms. The van der Waals surface area contributed by atoms with Gasteiger partial charge in [0.05, 0.1) is 19.1 Å². The Balaban J connectivity index is 2.47. The van der Waals surface area contributed by atoms with Crippen molar-refractivity contribution >= 4 is 5.91 Å². The molecule has 15 heavy (non-hydrogen) atoms. The van der Waals surface area contributed by atoms with Crippen molar-refractivity contribution in [1.82, 2.24) is 5.32 Å². The predicted molar refractivity (Wildman–Crippen MR) is 56.2 cm³/mol. The molecule has 0 aromatic rings. The van der Waals surface area contributed by atoms with E-state index < -0.39 is 5.54 Å². The van der Waals surface area contributed by atoms with Gasteiger partial charge in [0, 0.05) is 18.2 Å². The zero-order valence-electron chi connectivity index (χ0n) is 9.32. The summed E-state index contributed by atoms with van der Waals surface area (Å²) < 4.78 is 5.13. The molecule has 2 unspecified atom stereocenters. The van der Waals surface area contributed by atoms with Crippen LogP contribution in [0, 0.1) is 5.92 Å². The van der Waals surface area contributed by atoms with Gasteiger partial charge in [0.2, 0.25) is 5.91 Å². The van der Waals surface area contributed by atoms with Gasteiger partial charge in [0.25, 0.3) is 0 Å². The molecule has 1 rings (SSSR count). The summed E-state index contributed by atoms with van der Waals surface area (Å²) in [6.07, 6.45) is 0.529. The fourth-order valence-corrected chi connectivity index (χ4v) is 1.61. The number of hydrogen-bond donors (Lipinski definition) is 3. The highest BCUT2D eigenvalue weighted by molar-refractivity contribution is 5.80. The Morgan fingerprint density at radius 3 is 2.73 bits per heavy atom. The maximum atomic E-state index is 11.8. The van der Waals surface area contributed by atoms with E-state index in [2.05, 4.69) is 5.32 Å². The number of aliphatic hydroxyl groups is 1. The minimum atomic E-state index is -0.395. The summed E-state index contributed by atoms with van der Waals surface area (Å²) in [4.78, 5) is 11.8. The molecule has 0 aromatic carbocycles. The first kappa shape index (κ1) is 12.4. The molecular formula is C10H20N2O3. The number of hydrogen-bond acceptors (Lipinski definition) is 4. The second-order valence-electron chi connectivity index (χ2n) is 4.65. The van der Waals surface area contributed by atoms with Crippen LogP contribution in [0.3, 0.4) is 0 Å². The van der Waals surface area contributed by atoms with E-state index in [0.717, 1.165) is 0 Å². The first-order valence-corrected chi connectivity index (χ1v) is 5.22. The first-order valence-electron chi connectivity index (χ1n) is 5.22. The summed E-state index contributed by atoms with van der Waals surface area (Å²) in [5, 5.41) is 11.7. The number of amides is 1. The zero-order valence-corrected chi connectivity index (χ0v) is 9.32. The van der Waals surface area contributed by atoms with Crippen molar-refractivity contribution in [3.05, 3.63) is 0 Å². The van der Waals surface area contributed by atoms with Crippen molar-refractivity contribution in [3.8, 4) is 0 Å². The van der Waals surface area contributed by atoms with E-state index in [9.17, 15) is 4.79 Å². The van der Waals surface area contributed by atoms with Gasteiger partial charge < -0.3 is 20.9 Å².